The number of aromatic nitrogens is 3. The van der Waals surface area contributed by atoms with Crippen LogP contribution in [0.1, 0.15) is 16.1 Å². The number of methoxy groups -OCH3 is 1. The van der Waals surface area contributed by atoms with Crippen molar-refractivity contribution >= 4 is 5.91 Å². The molecule has 18 heavy (non-hydrogen) atoms. The Bertz CT molecular complexity index is 587. The molecule has 2 heterocycles. The lowest BCUT2D eigenvalue weighted by Crippen LogP contribution is -2.13. The molecule has 0 radical (unpaired) electrons. The Morgan fingerprint density at radius 2 is 2.00 bits per heavy atom. The van der Waals surface area contributed by atoms with Gasteiger partial charge in [-0.3, -0.25) is 4.79 Å². The molecule has 2 aromatic rings. The first-order chi connectivity index (χ1) is 8.54. The minimum absolute atomic E-state index is 0.284. The molecule has 0 bridgehead atoms. The van der Waals surface area contributed by atoms with Gasteiger partial charge in [-0.25, -0.2) is 9.97 Å². The van der Waals surface area contributed by atoms with Gasteiger partial charge in [0.05, 0.1) is 12.7 Å². The number of nitrogens with zero attached hydrogens (tertiary/aromatic N) is 3. The number of hydrogen-bond acceptors (Lipinski definition) is 4. The minimum Gasteiger partial charge on any atom is -0.467 e. The van der Waals surface area contributed by atoms with E-state index in [4.69, 9.17) is 10.5 Å². The van der Waals surface area contributed by atoms with Crippen LogP contribution in [0.25, 0.3) is 11.1 Å². The molecular formula is C12H14N4O2. The summed E-state index contributed by atoms with van der Waals surface area (Å²) in [5, 5.41) is 0. The fourth-order valence-electron chi connectivity index (χ4n) is 1.82. The van der Waals surface area contributed by atoms with Gasteiger partial charge in [0.2, 0.25) is 0 Å². The van der Waals surface area contributed by atoms with Gasteiger partial charge in [-0.1, -0.05) is 0 Å². The lowest BCUT2D eigenvalue weighted by atomic mass is 10.1. The summed E-state index contributed by atoms with van der Waals surface area (Å²) in [7, 11) is 3.35. The maximum atomic E-state index is 11.5. The summed E-state index contributed by atoms with van der Waals surface area (Å²) in [6.07, 6.45) is 5.04. The number of aryl methyl sites for hydroxylation is 1. The zero-order valence-corrected chi connectivity index (χ0v) is 10.5. The molecule has 0 spiro atoms. The molecule has 0 aliphatic heterocycles. The molecule has 2 rings (SSSR count). The van der Waals surface area contributed by atoms with Crippen LogP contribution in [0.4, 0.5) is 0 Å². The van der Waals surface area contributed by atoms with E-state index in [9.17, 15) is 4.79 Å². The van der Waals surface area contributed by atoms with Crippen molar-refractivity contribution in [3.05, 3.63) is 29.8 Å². The summed E-state index contributed by atoms with van der Waals surface area (Å²) < 4.78 is 6.74. The molecule has 0 saturated heterocycles. The monoisotopic (exact) mass is 246 g/mol. The van der Waals surface area contributed by atoms with Crippen molar-refractivity contribution in [3.8, 4) is 17.1 Å². The second kappa shape index (κ2) is 4.48. The van der Waals surface area contributed by atoms with Crippen molar-refractivity contribution in [1.82, 2.24) is 14.5 Å². The Hall–Kier alpha value is -2.37. The van der Waals surface area contributed by atoms with E-state index in [1.807, 2.05) is 24.7 Å². The normalized spacial score (nSPS) is 10.4. The van der Waals surface area contributed by atoms with Crippen LogP contribution in [0.3, 0.4) is 0 Å². The van der Waals surface area contributed by atoms with Gasteiger partial charge in [0.25, 0.3) is 5.91 Å². The maximum Gasteiger partial charge on any atom is 0.316 e. The number of carbonyl (C=O) groups excluding carboxylic acids is 1. The van der Waals surface area contributed by atoms with Gasteiger partial charge in [0.1, 0.15) is 0 Å². The van der Waals surface area contributed by atoms with E-state index in [0.29, 0.717) is 5.56 Å². The Balaban J connectivity index is 2.56. The van der Waals surface area contributed by atoms with Crippen LogP contribution in [0.2, 0.25) is 0 Å². The van der Waals surface area contributed by atoms with Gasteiger partial charge in [-0.2, -0.15) is 0 Å². The third kappa shape index (κ3) is 1.92. The number of amides is 1. The first kappa shape index (κ1) is 12.1. The number of ether oxygens (including phenoxy) is 1. The number of primary amides is 1. The first-order valence-electron chi connectivity index (χ1n) is 5.36. The largest absolute Gasteiger partial charge is 0.467 e. The average molecular weight is 246 g/mol. The van der Waals surface area contributed by atoms with Crippen molar-refractivity contribution in [2.45, 2.75) is 6.92 Å². The summed E-state index contributed by atoms with van der Waals surface area (Å²) in [4.78, 5) is 19.5. The van der Waals surface area contributed by atoms with E-state index in [0.717, 1.165) is 16.8 Å². The summed E-state index contributed by atoms with van der Waals surface area (Å²) in [6, 6.07) is 0.284. The van der Waals surface area contributed by atoms with Crippen LogP contribution in [-0.4, -0.2) is 27.6 Å². The van der Waals surface area contributed by atoms with Crippen molar-refractivity contribution in [2.24, 2.45) is 12.8 Å². The maximum absolute atomic E-state index is 11.5. The second-order valence-electron chi connectivity index (χ2n) is 3.94. The highest BCUT2D eigenvalue weighted by Crippen LogP contribution is 2.26. The number of hydrogen-bond donors (Lipinski definition) is 1. The van der Waals surface area contributed by atoms with Crippen LogP contribution in [-0.2, 0) is 7.05 Å². The predicted molar refractivity (Wildman–Crippen MR) is 66.2 cm³/mol. The topological polar surface area (TPSA) is 83.0 Å². The Labute approximate surface area is 104 Å². The molecule has 2 aromatic heterocycles. The molecule has 0 fully saturated rings. The first-order valence-corrected chi connectivity index (χ1v) is 5.36. The van der Waals surface area contributed by atoms with Crippen LogP contribution in [0, 0.1) is 6.92 Å². The minimum atomic E-state index is -0.459. The number of nitrogens with two attached hydrogens (primary N) is 1. The van der Waals surface area contributed by atoms with Crippen molar-refractivity contribution in [2.75, 3.05) is 7.11 Å². The zero-order chi connectivity index (χ0) is 13.3. The van der Waals surface area contributed by atoms with Crippen LogP contribution < -0.4 is 10.5 Å². The lowest BCUT2D eigenvalue weighted by molar-refractivity contribution is 0.1000. The van der Waals surface area contributed by atoms with E-state index < -0.39 is 5.91 Å². The fourth-order valence-corrected chi connectivity index (χ4v) is 1.82. The van der Waals surface area contributed by atoms with Crippen molar-refractivity contribution in [3.63, 3.8) is 0 Å². The van der Waals surface area contributed by atoms with Gasteiger partial charge in [-0.15, -0.1) is 0 Å². The van der Waals surface area contributed by atoms with E-state index in [-0.39, 0.29) is 6.01 Å². The van der Waals surface area contributed by atoms with Gasteiger partial charge < -0.3 is 15.0 Å². The average Bonchev–Trinajstić information content (AvgIpc) is 2.66. The van der Waals surface area contributed by atoms with E-state index >= 15 is 0 Å². The van der Waals surface area contributed by atoms with Gasteiger partial charge in [-0.05, 0) is 6.92 Å². The molecule has 6 nitrogen and oxygen atoms in total. The highest BCUT2D eigenvalue weighted by Gasteiger charge is 2.17. The van der Waals surface area contributed by atoms with E-state index in [2.05, 4.69) is 9.97 Å². The molecule has 94 valence electrons. The summed E-state index contributed by atoms with van der Waals surface area (Å²) in [5.41, 5.74) is 8.17. The summed E-state index contributed by atoms with van der Waals surface area (Å²) >= 11 is 0. The molecule has 0 unspecified atom stereocenters. The fraction of sp³-hybridized carbons (Fsp3) is 0.250. The molecule has 0 atom stereocenters. The Kier molecular flexibility index (Phi) is 3.01. The summed E-state index contributed by atoms with van der Waals surface area (Å²) in [5.74, 6) is -0.459. The van der Waals surface area contributed by atoms with Crippen molar-refractivity contribution in [1.29, 1.82) is 0 Å². The molecular weight excluding hydrogens is 232 g/mol. The molecule has 0 aliphatic carbocycles. The van der Waals surface area contributed by atoms with Crippen molar-refractivity contribution < 1.29 is 9.53 Å². The molecule has 1 amide bonds. The lowest BCUT2D eigenvalue weighted by Gasteiger charge is -2.02. The number of rotatable bonds is 3. The molecule has 0 aliphatic rings. The molecule has 0 saturated carbocycles. The number of carbonyl (C=O) groups is 1. The third-order valence-electron chi connectivity index (χ3n) is 2.85. The van der Waals surface area contributed by atoms with Gasteiger partial charge in [0, 0.05) is 42.5 Å². The highest BCUT2D eigenvalue weighted by atomic mass is 16.5. The van der Waals surface area contributed by atoms with Crippen LogP contribution in [0.15, 0.2) is 18.6 Å². The highest BCUT2D eigenvalue weighted by molar-refractivity contribution is 6.01. The van der Waals surface area contributed by atoms with E-state index in [1.54, 1.807) is 12.4 Å². The van der Waals surface area contributed by atoms with Gasteiger partial charge >= 0.3 is 6.01 Å². The second-order valence-corrected chi connectivity index (χ2v) is 3.94. The van der Waals surface area contributed by atoms with E-state index in [1.165, 1.54) is 7.11 Å². The molecule has 6 heteroatoms. The summed E-state index contributed by atoms with van der Waals surface area (Å²) in [6.45, 7) is 1.84. The smallest absolute Gasteiger partial charge is 0.316 e. The zero-order valence-electron chi connectivity index (χ0n) is 10.5. The Morgan fingerprint density at radius 3 is 2.50 bits per heavy atom. The molecule has 0 aromatic carbocycles. The van der Waals surface area contributed by atoms with Crippen LogP contribution in [0.5, 0.6) is 6.01 Å². The van der Waals surface area contributed by atoms with Gasteiger partial charge in [0.15, 0.2) is 0 Å². The molecule has 2 N–H and O–H groups in total. The standard InChI is InChI=1S/C12H14N4O2/c1-7-10(11(13)17)9(6-16(7)2)8-4-14-12(18-3)15-5-8/h4-6H,1-3H3,(H2,13,17). The SMILES string of the molecule is COc1ncc(-c2cn(C)c(C)c2C(N)=O)cn1. The third-order valence-corrected chi connectivity index (χ3v) is 2.85. The Morgan fingerprint density at radius 1 is 1.39 bits per heavy atom. The quantitative estimate of drug-likeness (QED) is 0.872. The predicted octanol–water partition coefficient (Wildman–Crippen LogP) is 0.898. The van der Waals surface area contributed by atoms with Crippen LogP contribution >= 0.6 is 0 Å².